The maximum absolute atomic E-state index is 11.5. The van der Waals surface area contributed by atoms with Crippen molar-refractivity contribution >= 4 is 17.7 Å². The molecule has 0 fully saturated rings. The van der Waals surface area contributed by atoms with Crippen LogP contribution in [-0.4, -0.2) is 30.6 Å². The van der Waals surface area contributed by atoms with Gasteiger partial charge < -0.3 is 27.6 Å². The van der Waals surface area contributed by atoms with Gasteiger partial charge in [0.1, 0.15) is 6.54 Å². The number of Topliss-reactive ketones (excluding diaryl/α,β-unsaturated/α-hetero) is 1. The van der Waals surface area contributed by atoms with Crippen molar-refractivity contribution in [2.75, 3.05) is 6.54 Å². The molecule has 3 N–H and O–H groups in total. The molecular formula is C12H22ClNO5. The maximum atomic E-state index is 11.5. The van der Waals surface area contributed by atoms with Crippen molar-refractivity contribution in [3.05, 3.63) is 0 Å². The fourth-order valence-electron chi connectivity index (χ4n) is 0.962. The molecule has 0 aliphatic heterocycles. The van der Waals surface area contributed by atoms with Crippen LogP contribution in [0.25, 0.3) is 0 Å². The molecule has 0 amide bonds. The second-order valence-electron chi connectivity index (χ2n) is 5.00. The van der Waals surface area contributed by atoms with Crippen molar-refractivity contribution in [3.8, 4) is 0 Å². The SMILES string of the molecule is CC(OC(=O)CCC(=O)C[NH3+])OC(=O)C(C)(C)C.[Cl-]. The van der Waals surface area contributed by atoms with E-state index >= 15 is 0 Å². The highest BCUT2D eigenvalue weighted by atomic mass is 35.5. The number of halogens is 1. The minimum Gasteiger partial charge on any atom is -1.00 e. The van der Waals surface area contributed by atoms with E-state index in [1.807, 2.05) is 0 Å². The third kappa shape index (κ3) is 9.44. The Morgan fingerprint density at radius 3 is 2.05 bits per heavy atom. The summed E-state index contributed by atoms with van der Waals surface area (Å²) in [6.07, 6.45) is -0.868. The van der Waals surface area contributed by atoms with Crippen molar-refractivity contribution in [2.24, 2.45) is 5.41 Å². The van der Waals surface area contributed by atoms with Gasteiger partial charge in [0.15, 0.2) is 5.78 Å². The van der Waals surface area contributed by atoms with Crippen LogP contribution in [0.15, 0.2) is 0 Å². The zero-order chi connectivity index (χ0) is 14.3. The summed E-state index contributed by atoms with van der Waals surface area (Å²) in [7, 11) is 0. The van der Waals surface area contributed by atoms with Crippen LogP contribution in [0.1, 0.15) is 40.5 Å². The number of hydrogen-bond acceptors (Lipinski definition) is 5. The quantitative estimate of drug-likeness (QED) is 0.418. The van der Waals surface area contributed by atoms with Crippen molar-refractivity contribution in [1.29, 1.82) is 0 Å². The van der Waals surface area contributed by atoms with E-state index in [9.17, 15) is 14.4 Å². The molecule has 0 aromatic carbocycles. The molecular weight excluding hydrogens is 274 g/mol. The summed E-state index contributed by atoms with van der Waals surface area (Å²) < 4.78 is 9.80. The van der Waals surface area contributed by atoms with Gasteiger partial charge in [-0.3, -0.25) is 14.4 Å². The highest BCUT2D eigenvalue weighted by Gasteiger charge is 2.26. The van der Waals surface area contributed by atoms with Gasteiger partial charge in [-0.1, -0.05) is 0 Å². The van der Waals surface area contributed by atoms with Crippen LogP contribution < -0.4 is 18.1 Å². The maximum Gasteiger partial charge on any atom is 0.314 e. The molecule has 0 aromatic heterocycles. The molecule has 0 aliphatic rings. The number of quaternary nitrogens is 1. The molecule has 7 heteroatoms. The first-order valence-electron chi connectivity index (χ1n) is 5.88. The van der Waals surface area contributed by atoms with Gasteiger partial charge in [0, 0.05) is 13.3 Å². The number of carbonyl (C=O) groups excluding carboxylic acids is 3. The van der Waals surface area contributed by atoms with Crippen LogP contribution in [0, 0.1) is 5.41 Å². The lowest BCUT2D eigenvalue weighted by molar-refractivity contribution is -0.354. The molecule has 0 heterocycles. The summed E-state index contributed by atoms with van der Waals surface area (Å²) in [4.78, 5) is 33.8. The zero-order valence-corrected chi connectivity index (χ0v) is 12.6. The fourth-order valence-corrected chi connectivity index (χ4v) is 0.962. The first-order valence-corrected chi connectivity index (χ1v) is 5.88. The minimum atomic E-state index is -0.945. The Morgan fingerprint density at radius 2 is 1.63 bits per heavy atom. The molecule has 0 aromatic rings. The van der Waals surface area contributed by atoms with E-state index in [1.54, 1.807) is 20.8 Å². The fraction of sp³-hybridized carbons (Fsp3) is 0.750. The van der Waals surface area contributed by atoms with Gasteiger partial charge in [-0.25, -0.2) is 0 Å². The minimum absolute atomic E-state index is 0. The number of esters is 2. The Balaban J connectivity index is 0. The van der Waals surface area contributed by atoms with E-state index < -0.39 is 23.6 Å². The second-order valence-corrected chi connectivity index (χ2v) is 5.00. The van der Waals surface area contributed by atoms with E-state index in [1.165, 1.54) is 6.92 Å². The smallest absolute Gasteiger partial charge is 0.314 e. The van der Waals surface area contributed by atoms with Gasteiger partial charge in [-0.2, -0.15) is 0 Å². The molecule has 0 aliphatic carbocycles. The molecule has 19 heavy (non-hydrogen) atoms. The van der Waals surface area contributed by atoms with Gasteiger partial charge in [0.05, 0.1) is 11.8 Å². The average Bonchev–Trinajstić information content (AvgIpc) is 2.24. The Bertz CT molecular complexity index is 325. The van der Waals surface area contributed by atoms with E-state index in [4.69, 9.17) is 9.47 Å². The topological polar surface area (TPSA) is 97.3 Å². The lowest BCUT2D eigenvalue weighted by atomic mass is 9.97. The zero-order valence-electron chi connectivity index (χ0n) is 11.8. The van der Waals surface area contributed by atoms with Gasteiger partial charge >= 0.3 is 11.9 Å². The summed E-state index contributed by atoms with van der Waals surface area (Å²) in [5, 5.41) is 0. The number of rotatable bonds is 6. The monoisotopic (exact) mass is 295 g/mol. The van der Waals surface area contributed by atoms with Gasteiger partial charge in [0.25, 0.3) is 0 Å². The van der Waals surface area contributed by atoms with Crippen molar-refractivity contribution in [2.45, 2.75) is 46.8 Å². The first kappa shape index (κ1) is 20.2. The van der Waals surface area contributed by atoms with Crippen LogP contribution in [0.5, 0.6) is 0 Å². The molecule has 0 saturated heterocycles. The lowest BCUT2D eigenvalue weighted by Crippen LogP contribution is -3.00. The van der Waals surface area contributed by atoms with Gasteiger partial charge in [-0.05, 0) is 20.8 Å². The Kier molecular flexibility index (Phi) is 9.43. The van der Waals surface area contributed by atoms with E-state index in [2.05, 4.69) is 5.73 Å². The molecule has 6 nitrogen and oxygen atoms in total. The summed E-state index contributed by atoms with van der Waals surface area (Å²) in [6, 6.07) is 0. The molecule has 1 unspecified atom stereocenters. The van der Waals surface area contributed by atoms with E-state index in [-0.39, 0.29) is 37.6 Å². The number of ketones is 1. The number of ether oxygens (including phenoxy) is 2. The van der Waals surface area contributed by atoms with Crippen molar-refractivity contribution in [1.82, 2.24) is 0 Å². The highest BCUT2D eigenvalue weighted by molar-refractivity contribution is 5.83. The first-order chi connectivity index (χ1) is 8.16. The van der Waals surface area contributed by atoms with Crippen LogP contribution in [-0.2, 0) is 23.9 Å². The predicted molar refractivity (Wildman–Crippen MR) is 63.1 cm³/mol. The Morgan fingerprint density at radius 1 is 1.11 bits per heavy atom. The van der Waals surface area contributed by atoms with Crippen LogP contribution in [0.4, 0.5) is 0 Å². The van der Waals surface area contributed by atoms with Crippen molar-refractivity contribution in [3.63, 3.8) is 0 Å². The molecule has 0 spiro atoms. The van der Waals surface area contributed by atoms with Crippen LogP contribution >= 0.6 is 0 Å². The summed E-state index contributed by atoms with van der Waals surface area (Å²) >= 11 is 0. The third-order valence-corrected chi connectivity index (χ3v) is 2.07. The summed E-state index contributed by atoms with van der Waals surface area (Å²) in [6.45, 7) is 6.73. The predicted octanol–water partition coefficient (Wildman–Crippen LogP) is -2.94. The Hall–Kier alpha value is -1.14. The lowest BCUT2D eigenvalue weighted by Gasteiger charge is -2.20. The number of hydrogen-bond donors (Lipinski definition) is 1. The number of carbonyl (C=O) groups is 3. The Labute approximate surface area is 119 Å². The average molecular weight is 296 g/mol. The molecule has 0 radical (unpaired) electrons. The molecule has 0 rings (SSSR count). The summed E-state index contributed by atoms with van der Waals surface area (Å²) in [5.74, 6) is -1.12. The van der Waals surface area contributed by atoms with Gasteiger partial charge in [0.2, 0.25) is 6.29 Å². The second kappa shape index (κ2) is 8.87. The molecule has 112 valence electrons. The van der Waals surface area contributed by atoms with Crippen LogP contribution in [0.2, 0.25) is 0 Å². The van der Waals surface area contributed by atoms with E-state index in [0.29, 0.717) is 0 Å². The highest BCUT2D eigenvalue weighted by Crippen LogP contribution is 2.16. The van der Waals surface area contributed by atoms with Crippen LogP contribution in [0.3, 0.4) is 0 Å². The molecule has 0 bridgehead atoms. The summed E-state index contributed by atoms with van der Waals surface area (Å²) in [5.41, 5.74) is 2.77. The van der Waals surface area contributed by atoms with E-state index in [0.717, 1.165) is 0 Å². The largest absolute Gasteiger partial charge is 1.00 e. The standard InChI is InChI=1S/C12H21NO5.ClH/c1-8(18-11(16)12(2,3)4)17-10(15)6-5-9(14)7-13;/h8H,5-7,13H2,1-4H3;1H. The van der Waals surface area contributed by atoms with Gasteiger partial charge in [-0.15, -0.1) is 0 Å². The molecule has 0 saturated carbocycles. The molecule has 1 atom stereocenters. The normalized spacial score (nSPS) is 12.1. The third-order valence-electron chi connectivity index (χ3n) is 2.07. The van der Waals surface area contributed by atoms with Crippen molar-refractivity contribution < 1.29 is 42.0 Å².